The number of fused-ring (bicyclic) bond motifs is 1. The zero-order valence-corrected chi connectivity index (χ0v) is 23.3. The van der Waals surface area contributed by atoms with E-state index >= 15 is 0 Å². The summed E-state index contributed by atoms with van der Waals surface area (Å²) < 4.78 is 7.49. The first-order valence-corrected chi connectivity index (χ1v) is 14.4. The summed E-state index contributed by atoms with van der Waals surface area (Å²) in [5.41, 5.74) is 4.68. The van der Waals surface area contributed by atoms with E-state index in [1.165, 1.54) is 23.1 Å². The van der Waals surface area contributed by atoms with E-state index in [-0.39, 0.29) is 6.10 Å². The van der Waals surface area contributed by atoms with Crippen molar-refractivity contribution in [2.45, 2.75) is 70.7 Å². The molecule has 1 saturated carbocycles. The van der Waals surface area contributed by atoms with Gasteiger partial charge in [0.1, 0.15) is 5.65 Å². The fourth-order valence-corrected chi connectivity index (χ4v) is 5.89. The number of aliphatic hydroxyl groups excluding tert-OH is 1. The Morgan fingerprint density at radius 3 is 2.50 bits per heavy atom. The smallest absolute Gasteiger partial charge is 0.224 e. The molecule has 206 valence electrons. The second kappa shape index (κ2) is 12.6. The number of ether oxygens (including phenoxy) is 1. The van der Waals surface area contributed by atoms with Gasteiger partial charge in [0.2, 0.25) is 5.95 Å². The molecule has 2 fully saturated rings. The highest BCUT2D eigenvalue weighted by Crippen LogP contribution is 2.36. The van der Waals surface area contributed by atoms with Gasteiger partial charge >= 0.3 is 0 Å². The molecule has 8 heteroatoms. The van der Waals surface area contributed by atoms with Crippen LogP contribution in [0.15, 0.2) is 36.7 Å². The van der Waals surface area contributed by atoms with Crippen LogP contribution in [0.5, 0.6) is 0 Å². The van der Waals surface area contributed by atoms with Crippen LogP contribution in [0.2, 0.25) is 0 Å². The predicted octanol–water partition coefficient (Wildman–Crippen LogP) is 4.55. The van der Waals surface area contributed by atoms with Crippen LogP contribution in [0.25, 0.3) is 22.2 Å². The fourth-order valence-electron chi connectivity index (χ4n) is 5.89. The molecule has 1 aliphatic heterocycles. The Morgan fingerprint density at radius 1 is 1.08 bits per heavy atom. The molecule has 1 saturated heterocycles. The molecule has 0 radical (unpaired) electrons. The molecule has 3 aromatic rings. The number of aliphatic hydroxyl groups is 1. The van der Waals surface area contributed by atoms with Crippen LogP contribution in [0.4, 0.5) is 5.95 Å². The van der Waals surface area contributed by atoms with Crippen LogP contribution in [-0.2, 0) is 11.3 Å². The maximum absolute atomic E-state index is 10.1. The van der Waals surface area contributed by atoms with Crippen molar-refractivity contribution in [3.8, 4) is 11.1 Å². The second-order valence-electron chi connectivity index (χ2n) is 11.0. The van der Waals surface area contributed by atoms with Crippen molar-refractivity contribution < 1.29 is 9.84 Å². The minimum atomic E-state index is -0.181. The number of hydrogen-bond donors (Lipinski definition) is 2. The molecule has 1 unspecified atom stereocenters. The first-order valence-electron chi connectivity index (χ1n) is 14.4. The molecule has 1 aliphatic carbocycles. The molecule has 2 N–H and O–H groups in total. The van der Waals surface area contributed by atoms with Gasteiger partial charge in [0.25, 0.3) is 0 Å². The van der Waals surface area contributed by atoms with Gasteiger partial charge in [-0.1, -0.05) is 31.2 Å². The molecule has 8 nitrogen and oxygen atoms in total. The summed E-state index contributed by atoms with van der Waals surface area (Å²) in [5.74, 6) is 0.625. The minimum Gasteiger partial charge on any atom is -0.393 e. The van der Waals surface area contributed by atoms with E-state index in [1.54, 1.807) is 7.11 Å². The molecule has 0 amide bonds. The lowest BCUT2D eigenvalue weighted by Crippen LogP contribution is -2.48. The van der Waals surface area contributed by atoms with Crippen molar-refractivity contribution >= 4 is 17.0 Å². The molecule has 1 aromatic carbocycles. The fraction of sp³-hybridized carbons (Fsp3) is 0.600. The van der Waals surface area contributed by atoms with Gasteiger partial charge in [0, 0.05) is 81.8 Å². The third kappa shape index (κ3) is 6.20. The van der Waals surface area contributed by atoms with E-state index in [1.807, 2.05) is 6.20 Å². The molecule has 2 aromatic heterocycles. The molecule has 3 heterocycles. The number of nitrogens with one attached hydrogen (secondary N) is 1. The Labute approximate surface area is 227 Å². The summed E-state index contributed by atoms with van der Waals surface area (Å²) in [6.45, 7) is 11.5. The van der Waals surface area contributed by atoms with Gasteiger partial charge in [-0.25, -0.2) is 4.98 Å². The Hall–Kier alpha value is -2.52. The van der Waals surface area contributed by atoms with E-state index in [9.17, 15) is 5.11 Å². The number of anilines is 1. The molecule has 1 atom stereocenters. The Morgan fingerprint density at radius 2 is 1.82 bits per heavy atom. The zero-order valence-electron chi connectivity index (χ0n) is 23.3. The Bertz CT molecular complexity index is 1160. The van der Waals surface area contributed by atoms with Gasteiger partial charge in [-0.05, 0) is 50.2 Å². The van der Waals surface area contributed by atoms with Gasteiger partial charge < -0.3 is 19.7 Å². The van der Waals surface area contributed by atoms with Gasteiger partial charge in [-0.2, -0.15) is 4.98 Å². The number of hydrogen-bond acceptors (Lipinski definition) is 7. The van der Waals surface area contributed by atoms with Crippen LogP contribution in [0.3, 0.4) is 0 Å². The van der Waals surface area contributed by atoms with E-state index in [0.29, 0.717) is 31.2 Å². The number of rotatable bonds is 10. The van der Waals surface area contributed by atoms with Crippen LogP contribution < -0.4 is 5.32 Å². The first-order chi connectivity index (χ1) is 18.6. The van der Waals surface area contributed by atoms with Gasteiger partial charge in [0.05, 0.1) is 12.7 Å². The summed E-state index contributed by atoms with van der Waals surface area (Å²) in [6, 6.07) is 10.1. The zero-order chi connectivity index (χ0) is 26.5. The van der Waals surface area contributed by atoms with Crippen LogP contribution in [-0.4, -0.2) is 88.0 Å². The SMILES string of the molecule is CCC(C)N1CCN(Cc2ccc(-c3cn(C4CCC(O)CC4)c4nc(NCCOC)ncc34)cc2)CC1. The van der Waals surface area contributed by atoms with Crippen molar-refractivity contribution in [3.63, 3.8) is 0 Å². The highest BCUT2D eigenvalue weighted by Gasteiger charge is 2.25. The van der Waals surface area contributed by atoms with Crippen molar-refractivity contribution in [3.05, 3.63) is 42.2 Å². The number of methoxy groups -OCH3 is 1. The van der Waals surface area contributed by atoms with Crippen LogP contribution in [0.1, 0.15) is 57.6 Å². The summed E-state index contributed by atoms with van der Waals surface area (Å²) in [7, 11) is 1.69. The van der Waals surface area contributed by atoms with Crippen molar-refractivity contribution in [2.75, 3.05) is 51.8 Å². The van der Waals surface area contributed by atoms with E-state index in [0.717, 1.165) is 69.4 Å². The second-order valence-corrected chi connectivity index (χ2v) is 11.0. The highest BCUT2D eigenvalue weighted by molar-refractivity contribution is 5.94. The quantitative estimate of drug-likeness (QED) is 0.380. The lowest BCUT2D eigenvalue weighted by Gasteiger charge is -2.37. The normalized spacial score (nSPS) is 22.1. The average Bonchev–Trinajstić information content (AvgIpc) is 3.33. The number of nitrogens with zero attached hydrogens (tertiary/aromatic N) is 5. The van der Waals surface area contributed by atoms with E-state index in [2.05, 4.69) is 69.0 Å². The maximum atomic E-state index is 10.1. The predicted molar refractivity (Wildman–Crippen MR) is 153 cm³/mol. The Kier molecular flexibility index (Phi) is 8.94. The first kappa shape index (κ1) is 27.1. The Balaban J connectivity index is 1.35. The van der Waals surface area contributed by atoms with Crippen molar-refractivity contribution in [1.82, 2.24) is 24.3 Å². The lowest BCUT2D eigenvalue weighted by molar-refractivity contribution is 0.0964. The number of benzene rings is 1. The maximum Gasteiger partial charge on any atom is 0.224 e. The molecule has 2 aliphatic rings. The summed E-state index contributed by atoms with van der Waals surface area (Å²) in [5, 5.41) is 14.4. The molecule has 0 bridgehead atoms. The van der Waals surface area contributed by atoms with Gasteiger partial charge in [-0.15, -0.1) is 0 Å². The third-order valence-corrected chi connectivity index (χ3v) is 8.51. The summed E-state index contributed by atoms with van der Waals surface area (Å²) in [6.07, 6.45) is 8.84. The van der Waals surface area contributed by atoms with E-state index in [4.69, 9.17) is 9.72 Å². The highest BCUT2D eigenvalue weighted by atomic mass is 16.5. The molecule has 5 rings (SSSR count). The third-order valence-electron chi connectivity index (χ3n) is 8.51. The number of piperazine rings is 1. The average molecular weight is 521 g/mol. The van der Waals surface area contributed by atoms with Crippen molar-refractivity contribution in [1.29, 1.82) is 0 Å². The molecule has 0 spiro atoms. The van der Waals surface area contributed by atoms with Crippen molar-refractivity contribution in [2.24, 2.45) is 0 Å². The van der Waals surface area contributed by atoms with E-state index < -0.39 is 0 Å². The monoisotopic (exact) mass is 520 g/mol. The number of aromatic nitrogens is 3. The minimum absolute atomic E-state index is 0.181. The van der Waals surface area contributed by atoms with Crippen LogP contribution >= 0.6 is 0 Å². The standard InChI is InChI=1S/C30H44N6O2/c1-4-22(2)35-16-14-34(15-17-35)20-23-5-7-24(8-6-23)28-21-36(25-9-11-26(37)12-10-25)29-27(28)19-32-30(33-29)31-13-18-38-3/h5-8,19,21-22,25-26,37H,4,9-18,20H2,1-3H3,(H,31,32,33). The van der Waals surface area contributed by atoms with Gasteiger partial charge in [-0.3, -0.25) is 9.80 Å². The molecule has 38 heavy (non-hydrogen) atoms. The van der Waals surface area contributed by atoms with Crippen LogP contribution in [0, 0.1) is 0 Å². The summed E-state index contributed by atoms with van der Waals surface area (Å²) >= 11 is 0. The summed E-state index contributed by atoms with van der Waals surface area (Å²) in [4.78, 5) is 14.7. The molecular weight excluding hydrogens is 476 g/mol. The topological polar surface area (TPSA) is 78.7 Å². The van der Waals surface area contributed by atoms with Gasteiger partial charge in [0.15, 0.2) is 0 Å². The largest absolute Gasteiger partial charge is 0.393 e. The lowest BCUT2D eigenvalue weighted by atomic mass is 9.93. The molecular formula is C30H44N6O2.